The summed E-state index contributed by atoms with van der Waals surface area (Å²) in [5, 5.41) is -0.0224. The summed E-state index contributed by atoms with van der Waals surface area (Å²) >= 11 is 4.71. The molecule has 1 aliphatic heterocycles. The lowest BCUT2D eigenvalue weighted by atomic mass is 10.3. The highest BCUT2D eigenvalue weighted by Gasteiger charge is 2.21. The van der Waals surface area contributed by atoms with E-state index in [1.165, 1.54) is 11.8 Å². The molecule has 0 fully saturated rings. The van der Waals surface area contributed by atoms with Crippen molar-refractivity contribution in [1.82, 2.24) is 0 Å². The van der Waals surface area contributed by atoms with Crippen molar-refractivity contribution in [2.75, 3.05) is 6.26 Å². The molecule has 0 amide bonds. The summed E-state index contributed by atoms with van der Waals surface area (Å²) in [5.74, 6) is 0.662. The van der Waals surface area contributed by atoms with E-state index in [9.17, 15) is 4.79 Å². The summed E-state index contributed by atoms with van der Waals surface area (Å²) in [6, 6.07) is 3.66. The SMILES string of the molecule is CSC1=NC(=Cc2ccc(I)o2)C(=O)S1. The second-order valence-electron chi connectivity index (χ2n) is 2.64. The molecule has 2 rings (SSSR count). The van der Waals surface area contributed by atoms with Crippen molar-refractivity contribution in [2.45, 2.75) is 0 Å². The van der Waals surface area contributed by atoms with E-state index in [2.05, 4.69) is 27.6 Å². The summed E-state index contributed by atoms with van der Waals surface area (Å²) in [6.07, 6.45) is 3.57. The van der Waals surface area contributed by atoms with Gasteiger partial charge in [-0.3, -0.25) is 4.79 Å². The van der Waals surface area contributed by atoms with Gasteiger partial charge >= 0.3 is 0 Å². The molecule has 0 aliphatic carbocycles. The molecule has 0 radical (unpaired) electrons. The molecule has 1 aromatic heterocycles. The lowest BCUT2D eigenvalue weighted by Crippen LogP contribution is -1.86. The fourth-order valence-electron chi connectivity index (χ4n) is 1.02. The summed E-state index contributed by atoms with van der Waals surface area (Å²) < 4.78 is 6.92. The Morgan fingerprint density at radius 1 is 1.60 bits per heavy atom. The van der Waals surface area contributed by atoms with Crippen molar-refractivity contribution in [3.63, 3.8) is 0 Å². The van der Waals surface area contributed by atoms with E-state index in [-0.39, 0.29) is 5.12 Å². The third-order valence-electron chi connectivity index (χ3n) is 1.65. The van der Waals surface area contributed by atoms with Gasteiger partial charge in [0.15, 0.2) is 3.77 Å². The van der Waals surface area contributed by atoms with E-state index >= 15 is 0 Å². The number of carbonyl (C=O) groups excluding carboxylic acids is 1. The molecule has 1 aromatic rings. The minimum atomic E-state index is -0.0224. The number of carbonyl (C=O) groups is 1. The molecule has 0 aromatic carbocycles. The zero-order valence-electron chi connectivity index (χ0n) is 7.69. The number of hydrogen-bond donors (Lipinski definition) is 0. The lowest BCUT2D eigenvalue weighted by Gasteiger charge is -1.87. The largest absolute Gasteiger partial charge is 0.451 e. The van der Waals surface area contributed by atoms with Crippen molar-refractivity contribution in [3.8, 4) is 0 Å². The van der Waals surface area contributed by atoms with Gasteiger partial charge in [-0.2, -0.15) is 0 Å². The van der Waals surface area contributed by atoms with Crippen LogP contribution in [0.5, 0.6) is 0 Å². The molecule has 1 aliphatic rings. The molecule has 0 atom stereocenters. The number of nitrogens with zero attached hydrogens (tertiary/aromatic N) is 1. The van der Waals surface area contributed by atoms with Crippen LogP contribution in [-0.4, -0.2) is 15.7 Å². The Bertz CT molecular complexity index is 464. The maximum absolute atomic E-state index is 11.5. The van der Waals surface area contributed by atoms with E-state index < -0.39 is 0 Å². The summed E-state index contributed by atoms with van der Waals surface area (Å²) in [5.41, 5.74) is 0.454. The molecule has 6 heteroatoms. The summed E-state index contributed by atoms with van der Waals surface area (Å²) in [4.78, 5) is 15.7. The van der Waals surface area contributed by atoms with E-state index in [0.29, 0.717) is 11.5 Å². The van der Waals surface area contributed by atoms with Gasteiger partial charge in [-0.25, -0.2) is 4.99 Å². The first kappa shape index (κ1) is 11.3. The molecule has 78 valence electrons. The first-order chi connectivity index (χ1) is 7.19. The summed E-state index contributed by atoms with van der Waals surface area (Å²) in [6.45, 7) is 0. The molecule has 0 spiro atoms. The molecule has 0 saturated heterocycles. The van der Waals surface area contributed by atoms with Crippen LogP contribution < -0.4 is 0 Å². The van der Waals surface area contributed by atoms with Gasteiger partial charge in [-0.1, -0.05) is 0 Å². The summed E-state index contributed by atoms with van der Waals surface area (Å²) in [7, 11) is 0. The molecule has 0 bridgehead atoms. The highest BCUT2D eigenvalue weighted by atomic mass is 127. The lowest BCUT2D eigenvalue weighted by molar-refractivity contribution is -0.107. The molecular formula is C9H6INO2S2. The van der Waals surface area contributed by atoms with Crippen LogP contribution in [0.4, 0.5) is 0 Å². The number of thioether (sulfide) groups is 2. The molecule has 0 unspecified atom stereocenters. The Balaban J connectivity index is 2.27. The zero-order valence-corrected chi connectivity index (χ0v) is 11.5. The van der Waals surface area contributed by atoms with Gasteiger partial charge in [0.05, 0.1) is 0 Å². The van der Waals surface area contributed by atoms with Crippen LogP contribution >= 0.6 is 46.1 Å². The third-order valence-corrected chi connectivity index (χ3v) is 4.08. The van der Waals surface area contributed by atoms with Gasteiger partial charge in [0.25, 0.3) is 0 Å². The van der Waals surface area contributed by atoms with E-state index in [4.69, 9.17) is 4.42 Å². The Labute approximate surface area is 109 Å². The fourth-order valence-corrected chi connectivity index (χ4v) is 2.71. The van der Waals surface area contributed by atoms with Crippen molar-refractivity contribution < 1.29 is 9.21 Å². The number of furan rings is 1. The van der Waals surface area contributed by atoms with Gasteiger partial charge in [-0.05, 0) is 52.7 Å². The van der Waals surface area contributed by atoms with Crippen molar-refractivity contribution in [1.29, 1.82) is 0 Å². The number of hydrogen-bond acceptors (Lipinski definition) is 5. The zero-order chi connectivity index (χ0) is 10.8. The quantitative estimate of drug-likeness (QED) is 0.576. The monoisotopic (exact) mass is 351 g/mol. The normalized spacial score (nSPS) is 18.7. The van der Waals surface area contributed by atoms with E-state index in [1.807, 2.05) is 18.4 Å². The number of halogens is 1. The molecule has 0 N–H and O–H groups in total. The Kier molecular flexibility index (Phi) is 3.57. The van der Waals surface area contributed by atoms with Crippen LogP contribution in [0.15, 0.2) is 27.2 Å². The van der Waals surface area contributed by atoms with Gasteiger partial charge < -0.3 is 4.42 Å². The smallest absolute Gasteiger partial charge is 0.244 e. The fraction of sp³-hybridized carbons (Fsp3) is 0.111. The van der Waals surface area contributed by atoms with Crippen LogP contribution in [0.25, 0.3) is 6.08 Å². The maximum atomic E-state index is 11.5. The minimum absolute atomic E-state index is 0.0224. The van der Waals surface area contributed by atoms with Crippen molar-refractivity contribution >= 4 is 61.7 Å². The Morgan fingerprint density at radius 2 is 2.40 bits per heavy atom. The second kappa shape index (κ2) is 4.75. The number of aliphatic imine (C=N–C) groups is 1. The van der Waals surface area contributed by atoms with Gasteiger partial charge in [0, 0.05) is 6.08 Å². The topological polar surface area (TPSA) is 42.6 Å². The Morgan fingerprint density at radius 3 is 2.93 bits per heavy atom. The predicted octanol–water partition coefficient (Wildman–Crippen LogP) is 3.22. The molecule has 2 heterocycles. The van der Waals surface area contributed by atoms with Crippen molar-refractivity contribution in [3.05, 3.63) is 27.4 Å². The minimum Gasteiger partial charge on any atom is -0.451 e. The maximum Gasteiger partial charge on any atom is 0.244 e. The van der Waals surface area contributed by atoms with Gasteiger partial charge in [-0.15, -0.1) is 11.8 Å². The van der Waals surface area contributed by atoms with Crippen LogP contribution in [-0.2, 0) is 4.79 Å². The first-order valence-electron chi connectivity index (χ1n) is 4.01. The van der Waals surface area contributed by atoms with Crippen LogP contribution in [0.1, 0.15) is 5.76 Å². The molecule has 0 saturated carbocycles. The van der Waals surface area contributed by atoms with Gasteiger partial charge in [0.1, 0.15) is 15.8 Å². The highest BCUT2D eigenvalue weighted by Crippen LogP contribution is 2.29. The Hall–Kier alpha value is -0.210. The van der Waals surface area contributed by atoms with Crippen LogP contribution in [0, 0.1) is 3.77 Å². The van der Waals surface area contributed by atoms with Gasteiger partial charge in [0.2, 0.25) is 5.12 Å². The van der Waals surface area contributed by atoms with Crippen molar-refractivity contribution in [2.24, 2.45) is 4.99 Å². The van der Waals surface area contributed by atoms with Crippen LogP contribution in [0.3, 0.4) is 0 Å². The average molecular weight is 351 g/mol. The molecule has 15 heavy (non-hydrogen) atoms. The molecule has 3 nitrogen and oxygen atoms in total. The van der Waals surface area contributed by atoms with E-state index in [0.717, 1.165) is 19.9 Å². The highest BCUT2D eigenvalue weighted by molar-refractivity contribution is 14.1. The standard InChI is InChI=1S/C9H6INO2S2/c1-14-9-11-6(8(12)15-9)4-5-2-3-7(10)13-5/h2-4H,1H3. The average Bonchev–Trinajstić information content (AvgIpc) is 2.75. The second-order valence-corrected chi connectivity index (χ2v) is 5.72. The number of rotatable bonds is 1. The van der Waals surface area contributed by atoms with Crippen LogP contribution in [0.2, 0.25) is 0 Å². The molecular weight excluding hydrogens is 345 g/mol. The first-order valence-corrected chi connectivity index (χ1v) is 7.13. The predicted molar refractivity (Wildman–Crippen MR) is 73.0 cm³/mol. The third kappa shape index (κ3) is 2.67. The van der Waals surface area contributed by atoms with E-state index in [1.54, 1.807) is 6.08 Å².